The van der Waals surface area contributed by atoms with Crippen LogP contribution in [0.3, 0.4) is 0 Å². The molecule has 2 N–H and O–H groups in total. The van der Waals surface area contributed by atoms with Gasteiger partial charge in [-0.3, -0.25) is 9.59 Å². The van der Waals surface area contributed by atoms with Crippen molar-refractivity contribution in [1.29, 1.82) is 0 Å². The zero-order chi connectivity index (χ0) is 16.7. The van der Waals surface area contributed by atoms with E-state index in [2.05, 4.69) is 11.4 Å². The number of carboxylic acids is 1. The molecule has 1 heterocycles. The molecule has 6 heteroatoms. The van der Waals surface area contributed by atoms with E-state index < -0.39 is 5.97 Å². The van der Waals surface area contributed by atoms with Crippen LogP contribution in [0, 0.1) is 5.92 Å². The summed E-state index contributed by atoms with van der Waals surface area (Å²) in [6.07, 6.45) is 0.0506. The highest BCUT2D eigenvalue weighted by molar-refractivity contribution is 7.98. The summed E-state index contributed by atoms with van der Waals surface area (Å²) in [5.41, 5.74) is 0.636. The number of rotatable bonds is 8. The van der Waals surface area contributed by atoms with Crippen LogP contribution in [0.5, 0.6) is 0 Å². The summed E-state index contributed by atoms with van der Waals surface area (Å²) in [6.45, 7) is 2.17. The van der Waals surface area contributed by atoms with Gasteiger partial charge < -0.3 is 10.4 Å². The maximum Gasteiger partial charge on any atom is 0.303 e. The molecule has 122 valence electrons. The lowest BCUT2D eigenvalue weighted by Gasteiger charge is -2.12. The van der Waals surface area contributed by atoms with E-state index in [4.69, 9.17) is 5.11 Å². The molecule has 0 aliphatic heterocycles. The summed E-state index contributed by atoms with van der Waals surface area (Å²) < 4.78 is 0. The Labute approximate surface area is 143 Å². The summed E-state index contributed by atoms with van der Waals surface area (Å²) >= 11 is 3.33. The van der Waals surface area contributed by atoms with E-state index in [1.165, 1.54) is 4.88 Å². The number of thiophene rings is 1. The summed E-state index contributed by atoms with van der Waals surface area (Å²) in [4.78, 5) is 25.2. The Hall–Kier alpha value is -1.79. The van der Waals surface area contributed by atoms with Gasteiger partial charge in [0.2, 0.25) is 0 Å². The maximum absolute atomic E-state index is 12.3. The fraction of sp³-hybridized carbons (Fsp3) is 0.294. The number of benzene rings is 1. The summed E-state index contributed by atoms with van der Waals surface area (Å²) in [6, 6.07) is 11.6. The van der Waals surface area contributed by atoms with Crippen LogP contribution >= 0.6 is 23.1 Å². The van der Waals surface area contributed by atoms with Gasteiger partial charge in [0.1, 0.15) is 0 Å². The van der Waals surface area contributed by atoms with Crippen molar-refractivity contribution in [3.05, 3.63) is 52.2 Å². The van der Waals surface area contributed by atoms with Gasteiger partial charge in [-0.2, -0.15) is 0 Å². The molecule has 0 spiro atoms. The predicted octanol–water partition coefficient (Wildman–Crippen LogP) is 3.88. The molecule has 2 rings (SSSR count). The fourth-order valence-electron chi connectivity index (χ4n) is 2.06. The number of carbonyl (C=O) groups is 2. The third kappa shape index (κ3) is 5.73. The molecule has 1 amide bonds. The zero-order valence-corrected chi connectivity index (χ0v) is 14.5. The van der Waals surface area contributed by atoms with Gasteiger partial charge in [0.05, 0.1) is 5.56 Å². The highest BCUT2D eigenvalue weighted by Gasteiger charge is 2.14. The van der Waals surface area contributed by atoms with Crippen LogP contribution in [0.1, 0.15) is 28.6 Å². The number of thioether (sulfide) groups is 1. The molecule has 2 aromatic rings. The molecule has 1 unspecified atom stereocenters. The standard InChI is InChI=1S/C17H19NO3S2/c1-12(9-16(19)20)10-18-17(21)14-6-2-3-7-15(14)23-11-13-5-4-8-22-13/h2-8,12H,9-11H2,1H3,(H,18,21)(H,19,20). The largest absolute Gasteiger partial charge is 0.481 e. The average molecular weight is 349 g/mol. The normalized spacial score (nSPS) is 11.9. The van der Waals surface area contributed by atoms with Gasteiger partial charge >= 0.3 is 5.97 Å². The molecule has 23 heavy (non-hydrogen) atoms. The second-order valence-corrected chi connectivity index (χ2v) is 7.33. The smallest absolute Gasteiger partial charge is 0.303 e. The van der Waals surface area contributed by atoms with Crippen molar-refractivity contribution < 1.29 is 14.7 Å². The van der Waals surface area contributed by atoms with Crippen LogP contribution in [0.2, 0.25) is 0 Å². The van der Waals surface area contributed by atoms with Crippen molar-refractivity contribution in [2.24, 2.45) is 5.92 Å². The molecular weight excluding hydrogens is 330 g/mol. The minimum absolute atomic E-state index is 0.0506. The number of hydrogen-bond donors (Lipinski definition) is 2. The van der Waals surface area contributed by atoms with E-state index in [1.54, 1.807) is 29.2 Å². The molecule has 1 atom stereocenters. The lowest BCUT2D eigenvalue weighted by molar-refractivity contribution is -0.137. The summed E-state index contributed by atoms with van der Waals surface area (Å²) in [7, 11) is 0. The quantitative estimate of drug-likeness (QED) is 0.710. The van der Waals surface area contributed by atoms with Crippen molar-refractivity contribution in [2.45, 2.75) is 24.0 Å². The minimum atomic E-state index is -0.848. The van der Waals surface area contributed by atoms with E-state index in [0.29, 0.717) is 12.1 Å². The molecular formula is C17H19NO3S2. The lowest BCUT2D eigenvalue weighted by atomic mass is 10.1. The number of nitrogens with one attached hydrogen (secondary N) is 1. The number of carbonyl (C=O) groups excluding carboxylic acids is 1. The van der Waals surface area contributed by atoms with Crippen LogP contribution in [-0.4, -0.2) is 23.5 Å². The van der Waals surface area contributed by atoms with Crippen molar-refractivity contribution in [2.75, 3.05) is 6.54 Å². The first-order chi connectivity index (χ1) is 11.1. The third-order valence-corrected chi connectivity index (χ3v) is 5.40. The molecule has 0 fully saturated rings. The minimum Gasteiger partial charge on any atom is -0.481 e. The van der Waals surface area contributed by atoms with Crippen molar-refractivity contribution >= 4 is 35.0 Å². The predicted molar refractivity (Wildman–Crippen MR) is 94.1 cm³/mol. The summed E-state index contributed by atoms with van der Waals surface area (Å²) in [5.74, 6) is -0.269. The first-order valence-electron chi connectivity index (χ1n) is 7.30. The van der Waals surface area contributed by atoms with Gasteiger partial charge in [0.25, 0.3) is 5.91 Å². The molecule has 0 aliphatic rings. The van der Waals surface area contributed by atoms with Gasteiger partial charge in [-0.05, 0) is 29.5 Å². The second-order valence-electron chi connectivity index (χ2n) is 5.28. The van der Waals surface area contributed by atoms with Crippen LogP contribution in [0.25, 0.3) is 0 Å². The van der Waals surface area contributed by atoms with E-state index in [9.17, 15) is 9.59 Å². The fourth-order valence-corrected chi connectivity index (χ4v) is 3.88. The SMILES string of the molecule is CC(CNC(=O)c1ccccc1SCc1cccs1)CC(=O)O. The third-order valence-electron chi connectivity index (χ3n) is 3.22. The number of amides is 1. The first-order valence-corrected chi connectivity index (χ1v) is 9.17. The zero-order valence-electron chi connectivity index (χ0n) is 12.8. The second kappa shape index (κ2) is 8.74. The van der Waals surface area contributed by atoms with E-state index >= 15 is 0 Å². The van der Waals surface area contributed by atoms with Gasteiger partial charge in [-0.1, -0.05) is 25.1 Å². The molecule has 1 aromatic heterocycles. The topological polar surface area (TPSA) is 66.4 Å². The molecule has 0 bridgehead atoms. The van der Waals surface area contributed by atoms with Crippen LogP contribution in [0.4, 0.5) is 0 Å². The van der Waals surface area contributed by atoms with Gasteiger partial charge in [-0.15, -0.1) is 23.1 Å². The monoisotopic (exact) mass is 349 g/mol. The average Bonchev–Trinajstić information content (AvgIpc) is 3.03. The Kier molecular flexibility index (Phi) is 6.67. The number of carboxylic acid groups (broad SMARTS) is 1. The highest BCUT2D eigenvalue weighted by Crippen LogP contribution is 2.27. The highest BCUT2D eigenvalue weighted by atomic mass is 32.2. The molecule has 0 aliphatic carbocycles. The summed E-state index contributed by atoms with van der Waals surface area (Å²) in [5, 5.41) is 13.6. The molecule has 0 radical (unpaired) electrons. The first kappa shape index (κ1) is 17.6. The Morgan fingerprint density at radius 3 is 2.74 bits per heavy atom. The van der Waals surface area contributed by atoms with E-state index in [1.807, 2.05) is 36.6 Å². The Bertz CT molecular complexity index is 656. The Balaban J connectivity index is 1.95. The molecule has 0 saturated heterocycles. The van der Waals surface area contributed by atoms with Crippen molar-refractivity contribution in [3.63, 3.8) is 0 Å². The van der Waals surface area contributed by atoms with E-state index in [-0.39, 0.29) is 18.2 Å². The van der Waals surface area contributed by atoms with Gasteiger partial charge in [-0.25, -0.2) is 0 Å². The van der Waals surface area contributed by atoms with Gasteiger partial charge in [0, 0.05) is 28.5 Å². The molecule has 4 nitrogen and oxygen atoms in total. The van der Waals surface area contributed by atoms with Crippen LogP contribution in [-0.2, 0) is 10.5 Å². The van der Waals surface area contributed by atoms with Crippen LogP contribution in [0.15, 0.2) is 46.7 Å². The van der Waals surface area contributed by atoms with E-state index in [0.717, 1.165) is 10.6 Å². The Morgan fingerprint density at radius 1 is 1.26 bits per heavy atom. The Morgan fingerprint density at radius 2 is 2.04 bits per heavy atom. The molecule has 1 aromatic carbocycles. The lowest BCUT2D eigenvalue weighted by Crippen LogP contribution is -2.29. The van der Waals surface area contributed by atoms with Crippen molar-refractivity contribution in [3.8, 4) is 0 Å². The van der Waals surface area contributed by atoms with Crippen LogP contribution < -0.4 is 5.32 Å². The maximum atomic E-state index is 12.3. The van der Waals surface area contributed by atoms with Crippen molar-refractivity contribution in [1.82, 2.24) is 5.32 Å². The number of aliphatic carboxylic acids is 1. The van der Waals surface area contributed by atoms with Gasteiger partial charge in [0.15, 0.2) is 0 Å². The molecule has 0 saturated carbocycles. The number of hydrogen-bond acceptors (Lipinski definition) is 4.